The number of carboxylic acid groups (broad SMARTS) is 1. The van der Waals surface area contributed by atoms with Crippen LogP contribution in [0.4, 0.5) is 16.2 Å². The van der Waals surface area contributed by atoms with E-state index in [1.54, 1.807) is 0 Å². The fraction of sp³-hybridized carbons (Fsp3) is 0.300. The van der Waals surface area contributed by atoms with Crippen LogP contribution in [-0.4, -0.2) is 54.9 Å². The number of morpholine rings is 1. The first-order valence-corrected chi connectivity index (χ1v) is 8.79. The third kappa shape index (κ3) is 4.77. The van der Waals surface area contributed by atoms with E-state index in [-0.39, 0.29) is 19.2 Å². The summed E-state index contributed by atoms with van der Waals surface area (Å²) in [5.41, 5.74) is 2.76. The molecule has 7 heteroatoms. The summed E-state index contributed by atoms with van der Waals surface area (Å²) in [4.78, 5) is 27.3. The highest BCUT2D eigenvalue weighted by Crippen LogP contribution is 2.21. The lowest BCUT2D eigenvalue weighted by Gasteiger charge is -2.31. The second-order valence-electron chi connectivity index (χ2n) is 6.42. The van der Waals surface area contributed by atoms with Crippen molar-refractivity contribution in [1.82, 2.24) is 4.90 Å². The van der Waals surface area contributed by atoms with E-state index < -0.39 is 12.1 Å². The maximum absolute atomic E-state index is 12.6. The molecule has 1 heterocycles. The Kier molecular flexibility index (Phi) is 5.93. The van der Waals surface area contributed by atoms with Gasteiger partial charge in [-0.25, -0.2) is 9.59 Å². The normalized spacial score (nSPS) is 16.6. The Morgan fingerprint density at radius 2 is 1.89 bits per heavy atom. The number of carbonyl (C=O) groups is 2. The number of benzene rings is 2. The summed E-state index contributed by atoms with van der Waals surface area (Å²) in [5, 5.41) is 12.0. The first-order valence-electron chi connectivity index (χ1n) is 8.79. The van der Waals surface area contributed by atoms with E-state index in [4.69, 9.17) is 9.84 Å². The molecule has 1 atom stereocenters. The Bertz CT molecular complexity index is 797. The van der Waals surface area contributed by atoms with E-state index in [1.807, 2.05) is 61.6 Å². The molecule has 1 aliphatic rings. The molecule has 142 valence electrons. The van der Waals surface area contributed by atoms with Gasteiger partial charge in [0.2, 0.25) is 0 Å². The highest BCUT2D eigenvalue weighted by molar-refractivity contribution is 5.90. The zero-order chi connectivity index (χ0) is 19.2. The van der Waals surface area contributed by atoms with Gasteiger partial charge in [0, 0.05) is 31.5 Å². The summed E-state index contributed by atoms with van der Waals surface area (Å²) in [6, 6.07) is 17.3. The molecule has 0 saturated carbocycles. The van der Waals surface area contributed by atoms with Gasteiger partial charge in [-0.15, -0.1) is 0 Å². The molecule has 0 aromatic heterocycles. The van der Waals surface area contributed by atoms with Gasteiger partial charge in [0.05, 0.1) is 13.2 Å². The van der Waals surface area contributed by atoms with Gasteiger partial charge >= 0.3 is 12.0 Å². The zero-order valence-electron chi connectivity index (χ0n) is 15.2. The van der Waals surface area contributed by atoms with Crippen LogP contribution in [0.25, 0.3) is 0 Å². The highest BCUT2D eigenvalue weighted by atomic mass is 16.5. The number of ether oxygens (including phenoxy) is 1. The van der Waals surface area contributed by atoms with Crippen molar-refractivity contribution >= 4 is 23.4 Å². The van der Waals surface area contributed by atoms with Crippen molar-refractivity contribution in [2.24, 2.45) is 0 Å². The van der Waals surface area contributed by atoms with Crippen LogP contribution < -0.4 is 10.2 Å². The summed E-state index contributed by atoms with van der Waals surface area (Å²) >= 11 is 0. The number of hydrogen-bond acceptors (Lipinski definition) is 4. The summed E-state index contributed by atoms with van der Waals surface area (Å²) < 4.78 is 5.17. The molecule has 1 saturated heterocycles. The highest BCUT2D eigenvalue weighted by Gasteiger charge is 2.29. The molecule has 2 aromatic rings. The van der Waals surface area contributed by atoms with Crippen LogP contribution in [0.3, 0.4) is 0 Å². The van der Waals surface area contributed by atoms with Crippen LogP contribution in [0.15, 0.2) is 54.6 Å². The Labute approximate surface area is 158 Å². The van der Waals surface area contributed by atoms with E-state index >= 15 is 0 Å². The van der Waals surface area contributed by atoms with Crippen LogP contribution >= 0.6 is 0 Å². The van der Waals surface area contributed by atoms with Gasteiger partial charge in [-0.3, -0.25) is 0 Å². The van der Waals surface area contributed by atoms with Gasteiger partial charge < -0.3 is 25.0 Å². The molecule has 3 rings (SSSR count). The maximum Gasteiger partial charge on any atom is 0.334 e. The fourth-order valence-corrected chi connectivity index (χ4v) is 2.99. The van der Waals surface area contributed by atoms with Crippen LogP contribution in [0, 0.1) is 0 Å². The van der Waals surface area contributed by atoms with E-state index in [2.05, 4.69) is 10.2 Å². The predicted molar refractivity (Wildman–Crippen MR) is 103 cm³/mol. The van der Waals surface area contributed by atoms with Crippen molar-refractivity contribution in [2.75, 3.05) is 37.0 Å². The minimum absolute atomic E-state index is 0.0350. The topological polar surface area (TPSA) is 82.1 Å². The molecule has 2 amide bonds. The van der Waals surface area contributed by atoms with E-state index in [9.17, 15) is 9.59 Å². The van der Waals surface area contributed by atoms with Crippen LogP contribution in [-0.2, 0) is 16.1 Å². The van der Waals surface area contributed by atoms with Crippen LogP contribution in [0.2, 0.25) is 0 Å². The standard InChI is InChI=1S/C20H23N3O4/c1-22(16-8-3-2-4-9-16)13-15-7-5-6-10-17(15)21-20(26)23-11-12-27-18(14-23)19(24)25/h2-10,18H,11-14H2,1H3,(H,21,26)(H,24,25). The zero-order valence-corrected chi connectivity index (χ0v) is 15.2. The minimum Gasteiger partial charge on any atom is -0.479 e. The Morgan fingerprint density at radius 3 is 2.63 bits per heavy atom. The van der Waals surface area contributed by atoms with Crippen LogP contribution in [0.5, 0.6) is 0 Å². The molecule has 1 fully saturated rings. The van der Waals surface area contributed by atoms with Crippen molar-refractivity contribution in [2.45, 2.75) is 12.6 Å². The predicted octanol–water partition coefficient (Wildman–Crippen LogP) is 2.64. The third-order valence-electron chi connectivity index (χ3n) is 4.49. The number of carbonyl (C=O) groups excluding carboxylic acids is 1. The Morgan fingerprint density at radius 1 is 1.19 bits per heavy atom. The molecule has 0 bridgehead atoms. The van der Waals surface area contributed by atoms with E-state index in [1.165, 1.54) is 4.90 Å². The third-order valence-corrected chi connectivity index (χ3v) is 4.49. The average Bonchev–Trinajstić information content (AvgIpc) is 2.70. The summed E-state index contributed by atoms with van der Waals surface area (Å²) in [6.07, 6.45) is -0.982. The lowest BCUT2D eigenvalue weighted by atomic mass is 10.1. The number of aliphatic carboxylic acids is 1. The molecular weight excluding hydrogens is 346 g/mol. The smallest absolute Gasteiger partial charge is 0.334 e. The molecule has 27 heavy (non-hydrogen) atoms. The van der Waals surface area contributed by atoms with E-state index in [0.717, 1.165) is 11.3 Å². The van der Waals surface area contributed by atoms with Crippen LogP contribution in [0.1, 0.15) is 5.56 Å². The largest absolute Gasteiger partial charge is 0.479 e. The van der Waals surface area contributed by atoms with Crippen molar-refractivity contribution in [3.8, 4) is 0 Å². The average molecular weight is 369 g/mol. The summed E-state index contributed by atoms with van der Waals surface area (Å²) in [6.45, 7) is 1.24. The van der Waals surface area contributed by atoms with Gasteiger partial charge in [0.1, 0.15) is 0 Å². The van der Waals surface area contributed by atoms with Gasteiger partial charge in [-0.1, -0.05) is 36.4 Å². The lowest BCUT2D eigenvalue weighted by molar-refractivity contribution is -0.154. The molecule has 1 unspecified atom stereocenters. The first-order chi connectivity index (χ1) is 13.0. The molecule has 2 N–H and O–H groups in total. The van der Waals surface area contributed by atoms with Crippen molar-refractivity contribution < 1.29 is 19.4 Å². The SMILES string of the molecule is CN(Cc1ccccc1NC(=O)N1CCOC(C(=O)O)C1)c1ccccc1. The van der Waals surface area contributed by atoms with Gasteiger partial charge in [0.25, 0.3) is 0 Å². The van der Waals surface area contributed by atoms with Gasteiger partial charge in [0.15, 0.2) is 6.10 Å². The number of amides is 2. The first kappa shape index (κ1) is 18.7. The molecule has 0 spiro atoms. The second-order valence-corrected chi connectivity index (χ2v) is 6.42. The van der Waals surface area contributed by atoms with E-state index in [0.29, 0.717) is 18.8 Å². The summed E-state index contributed by atoms with van der Waals surface area (Å²) in [5.74, 6) is -1.06. The van der Waals surface area contributed by atoms with Gasteiger partial charge in [-0.2, -0.15) is 0 Å². The molecule has 7 nitrogen and oxygen atoms in total. The second kappa shape index (κ2) is 8.55. The fourth-order valence-electron chi connectivity index (χ4n) is 2.99. The monoisotopic (exact) mass is 369 g/mol. The number of nitrogens with zero attached hydrogens (tertiary/aromatic N) is 2. The number of carboxylic acids is 1. The van der Waals surface area contributed by atoms with Crippen molar-refractivity contribution in [1.29, 1.82) is 0 Å². The quantitative estimate of drug-likeness (QED) is 0.847. The minimum atomic E-state index is -1.06. The number of rotatable bonds is 5. The number of hydrogen-bond donors (Lipinski definition) is 2. The number of para-hydroxylation sites is 2. The van der Waals surface area contributed by atoms with Crippen molar-refractivity contribution in [3.63, 3.8) is 0 Å². The van der Waals surface area contributed by atoms with Gasteiger partial charge in [-0.05, 0) is 23.8 Å². The molecule has 1 aliphatic heterocycles. The Balaban J connectivity index is 1.68. The number of nitrogens with one attached hydrogen (secondary N) is 1. The van der Waals surface area contributed by atoms with Crippen molar-refractivity contribution in [3.05, 3.63) is 60.2 Å². The molecule has 0 radical (unpaired) electrons. The Hall–Kier alpha value is -3.06. The summed E-state index contributed by atoms with van der Waals surface area (Å²) in [7, 11) is 1.99. The molecule has 0 aliphatic carbocycles. The lowest BCUT2D eigenvalue weighted by Crippen LogP contribution is -2.50. The molecular formula is C20H23N3O4. The number of anilines is 2. The molecule has 2 aromatic carbocycles. The number of urea groups is 1. The maximum atomic E-state index is 12.6.